The predicted octanol–water partition coefficient (Wildman–Crippen LogP) is 4.28. The predicted molar refractivity (Wildman–Crippen MR) is 154 cm³/mol. The van der Waals surface area contributed by atoms with Crippen LogP contribution in [0, 0.1) is 0 Å². The maximum Gasteiger partial charge on any atom is 0.490 e. The van der Waals surface area contributed by atoms with Gasteiger partial charge in [0, 0.05) is 23.2 Å². The molecule has 46 heavy (non-hydrogen) atoms. The molecule has 4 rings (SSSR count). The molecule has 18 heteroatoms. The minimum Gasteiger partial charge on any atom is -0.491 e. The maximum atomic E-state index is 12.2. The van der Waals surface area contributed by atoms with Crippen molar-refractivity contribution in [1.82, 2.24) is 10.3 Å². The number of rotatable bonds is 9. The summed E-state index contributed by atoms with van der Waals surface area (Å²) < 4.78 is 69.2. The highest BCUT2D eigenvalue weighted by Gasteiger charge is 2.39. The van der Waals surface area contributed by atoms with Crippen molar-refractivity contribution in [3.05, 3.63) is 71.2 Å². The third-order valence-corrected chi connectivity index (χ3v) is 6.74. The van der Waals surface area contributed by atoms with E-state index in [1.54, 1.807) is 5.38 Å². The number of aromatic nitrogens is 1. The van der Waals surface area contributed by atoms with Crippen LogP contribution in [-0.4, -0.2) is 75.3 Å². The van der Waals surface area contributed by atoms with E-state index in [0.29, 0.717) is 16.9 Å². The topological polar surface area (TPSA) is 184 Å². The molecular weight excluding hydrogens is 650 g/mol. The van der Waals surface area contributed by atoms with Crippen LogP contribution in [0.4, 0.5) is 37.2 Å². The van der Waals surface area contributed by atoms with Gasteiger partial charge in [0.25, 0.3) is 0 Å². The fourth-order valence-electron chi connectivity index (χ4n) is 3.91. The number of hydrogen-bond donors (Lipinski definition) is 6. The molecular formula is C28H30F6N4O7S. The van der Waals surface area contributed by atoms with Crippen LogP contribution < -0.4 is 21.1 Å². The Kier molecular flexibility index (Phi) is 14.2. The molecule has 2 aromatic carbocycles. The lowest BCUT2D eigenvalue weighted by Crippen LogP contribution is -2.42. The van der Waals surface area contributed by atoms with Crippen molar-refractivity contribution < 1.29 is 60.8 Å². The molecule has 3 atom stereocenters. The monoisotopic (exact) mass is 680 g/mol. The quantitative estimate of drug-likeness (QED) is 0.178. The van der Waals surface area contributed by atoms with Crippen LogP contribution in [-0.2, 0) is 27.2 Å². The van der Waals surface area contributed by atoms with E-state index in [1.807, 2.05) is 54.6 Å². The average Bonchev–Trinajstić information content (AvgIpc) is 3.61. The standard InChI is InChI=1S/C24H28N4O3S.2C2HF3O2/c25-24-28-19(15-32-24)13-23(30)27-17-8-6-16(7-9-17)12-18-10-11-21(26-18)22(29)14-31-20-4-2-1-3-5-20;2*3-2(4,5)1(6)7/h1-9,15,18,21-22,26,29H,10-14H2,(H2,25,28)(H,27,30);2*(H,6,7)/t18-,21-,22-;;/m1../s1. The van der Waals surface area contributed by atoms with Crippen molar-refractivity contribution >= 4 is 40.0 Å². The number of nitrogens with one attached hydrogen (secondary N) is 2. The van der Waals surface area contributed by atoms with Gasteiger partial charge in [-0.15, -0.1) is 11.3 Å². The Morgan fingerprint density at radius 1 is 0.978 bits per heavy atom. The number of para-hydroxylation sites is 1. The van der Waals surface area contributed by atoms with Crippen LogP contribution in [0.1, 0.15) is 24.1 Å². The Balaban J connectivity index is 0.000000440. The number of nitrogens with two attached hydrogens (primary N) is 1. The van der Waals surface area contributed by atoms with Gasteiger partial charge in [-0.3, -0.25) is 4.79 Å². The summed E-state index contributed by atoms with van der Waals surface area (Å²) in [5.74, 6) is -4.86. The number of benzene rings is 2. The largest absolute Gasteiger partial charge is 0.491 e. The van der Waals surface area contributed by atoms with Gasteiger partial charge in [0.05, 0.1) is 12.1 Å². The average molecular weight is 681 g/mol. The number of nitrogen functional groups attached to an aromatic ring is 1. The van der Waals surface area contributed by atoms with Crippen molar-refractivity contribution in [2.75, 3.05) is 17.7 Å². The number of halogens is 6. The second-order valence-corrected chi connectivity index (χ2v) is 10.5. The first-order chi connectivity index (χ1) is 21.4. The number of alkyl halides is 6. The van der Waals surface area contributed by atoms with Gasteiger partial charge in [-0.2, -0.15) is 26.3 Å². The number of carbonyl (C=O) groups is 3. The normalized spacial score (nSPS) is 16.6. The molecule has 0 spiro atoms. The minimum atomic E-state index is -5.08. The molecule has 0 aliphatic carbocycles. The van der Waals surface area contributed by atoms with Crippen LogP contribution in [0.15, 0.2) is 60.0 Å². The lowest BCUT2D eigenvalue weighted by atomic mass is 10.0. The molecule has 0 unspecified atom stereocenters. The van der Waals surface area contributed by atoms with Gasteiger partial charge in [0.15, 0.2) is 5.13 Å². The molecule has 1 fully saturated rings. The van der Waals surface area contributed by atoms with Gasteiger partial charge in [-0.1, -0.05) is 30.3 Å². The van der Waals surface area contributed by atoms with Gasteiger partial charge in [0.2, 0.25) is 5.91 Å². The van der Waals surface area contributed by atoms with Crippen molar-refractivity contribution in [2.24, 2.45) is 0 Å². The number of anilines is 2. The summed E-state index contributed by atoms with van der Waals surface area (Å²) in [4.78, 5) is 34.1. The molecule has 1 aliphatic rings. The van der Waals surface area contributed by atoms with Gasteiger partial charge in [0.1, 0.15) is 18.5 Å². The summed E-state index contributed by atoms with van der Waals surface area (Å²) in [5, 5.41) is 33.4. The Hall–Kier alpha value is -4.42. The smallest absolute Gasteiger partial charge is 0.490 e. The Bertz CT molecular complexity index is 1380. The number of hydrogen-bond acceptors (Lipinski definition) is 9. The van der Waals surface area contributed by atoms with Crippen molar-refractivity contribution in [3.8, 4) is 5.75 Å². The number of amides is 1. The van der Waals surface area contributed by atoms with Crippen LogP contribution >= 0.6 is 11.3 Å². The third kappa shape index (κ3) is 14.1. The Morgan fingerprint density at radius 3 is 2.04 bits per heavy atom. The fourth-order valence-corrected chi connectivity index (χ4v) is 4.47. The molecule has 0 saturated carbocycles. The molecule has 11 nitrogen and oxygen atoms in total. The SMILES string of the molecule is Nc1nc(CC(=O)Nc2ccc(C[C@H]3CC[C@H]([C@H](O)COc4ccccc4)N3)cc2)cs1.O=C(O)C(F)(F)F.O=C(O)C(F)(F)F. The number of aliphatic carboxylic acids is 2. The van der Waals surface area contributed by atoms with E-state index in [4.69, 9.17) is 30.3 Å². The number of carboxylic acid groups (broad SMARTS) is 2. The van der Waals surface area contributed by atoms with E-state index in [1.165, 1.54) is 16.9 Å². The van der Waals surface area contributed by atoms with Crippen molar-refractivity contribution in [2.45, 2.75) is 56.2 Å². The molecule has 7 N–H and O–H groups in total. The second kappa shape index (κ2) is 17.3. The summed E-state index contributed by atoms with van der Waals surface area (Å²) >= 11 is 1.33. The molecule has 1 saturated heterocycles. The Morgan fingerprint density at radius 2 is 1.54 bits per heavy atom. The molecule has 1 aliphatic heterocycles. The highest BCUT2D eigenvalue weighted by Crippen LogP contribution is 2.21. The first kappa shape index (κ1) is 37.8. The van der Waals surface area contributed by atoms with E-state index in [2.05, 4.69) is 15.6 Å². The van der Waals surface area contributed by atoms with E-state index in [-0.39, 0.29) is 25.0 Å². The maximum absolute atomic E-state index is 12.2. The van der Waals surface area contributed by atoms with Crippen LogP contribution in [0.5, 0.6) is 5.75 Å². The van der Waals surface area contributed by atoms with Gasteiger partial charge in [-0.25, -0.2) is 14.6 Å². The second-order valence-electron chi connectivity index (χ2n) is 9.65. The number of carbonyl (C=O) groups excluding carboxylic acids is 1. The van der Waals surface area contributed by atoms with Gasteiger partial charge < -0.3 is 36.4 Å². The summed E-state index contributed by atoms with van der Waals surface area (Å²) in [6.45, 7) is 0.274. The number of aliphatic hydroxyl groups is 1. The highest BCUT2D eigenvalue weighted by molar-refractivity contribution is 7.13. The number of nitrogens with zero attached hydrogens (tertiary/aromatic N) is 1. The van der Waals surface area contributed by atoms with E-state index in [9.17, 15) is 36.2 Å². The number of carboxylic acids is 2. The zero-order valence-electron chi connectivity index (χ0n) is 23.7. The zero-order valence-corrected chi connectivity index (χ0v) is 24.5. The Labute approximate surface area is 262 Å². The van der Waals surface area contributed by atoms with Crippen LogP contribution in [0.2, 0.25) is 0 Å². The number of aliphatic hydroxyl groups excluding tert-OH is 1. The first-order valence-electron chi connectivity index (χ1n) is 13.2. The lowest BCUT2D eigenvalue weighted by molar-refractivity contribution is -0.193. The van der Waals surface area contributed by atoms with Gasteiger partial charge in [-0.05, 0) is 49.1 Å². The van der Waals surface area contributed by atoms with E-state index in [0.717, 1.165) is 30.7 Å². The molecule has 0 bridgehead atoms. The van der Waals surface area contributed by atoms with Crippen molar-refractivity contribution in [1.29, 1.82) is 0 Å². The summed E-state index contributed by atoms with van der Waals surface area (Å²) in [6.07, 6.45) is -7.72. The van der Waals surface area contributed by atoms with E-state index < -0.39 is 30.4 Å². The minimum absolute atomic E-state index is 0.0297. The van der Waals surface area contributed by atoms with Crippen LogP contribution in [0.3, 0.4) is 0 Å². The molecule has 2 heterocycles. The summed E-state index contributed by atoms with van der Waals surface area (Å²) in [7, 11) is 0. The molecule has 1 amide bonds. The lowest BCUT2D eigenvalue weighted by Gasteiger charge is -2.20. The first-order valence-corrected chi connectivity index (χ1v) is 14.1. The summed E-state index contributed by atoms with van der Waals surface area (Å²) in [5.41, 5.74) is 8.23. The van der Waals surface area contributed by atoms with Crippen LogP contribution in [0.25, 0.3) is 0 Å². The molecule has 252 valence electrons. The highest BCUT2D eigenvalue weighted by atomic mass is 32.1. The number of thiazole rings is 1. The zero-order chi connectivity index (χ0) is 34.5. The molecule has 3 aromatic rings. The summed E-state index contributed by atoms with van der Waals surface area (Å²) in [6, 6.07) is 17.8. The van der Waals surface area contributed by atoms with Gasteiger partial charge >= 0.3 is 24.3 Å². The van der Waals surface area contributed by atoms with E-state index >= 15 is 0 Å². The molecule has 0 radical (unpaired) electrons. The van der Waals surface area contributed by atoms with Crippen molar-refractivity contribution in [3.63, 3.8) is 0 Å². The molecule has 1 aromatic heterocycles. The number of ether oxygens (including phenoxy) is 1. The fraction of sp³-hybridized carbons (Fsp3) is 0.357. The third-order valence-electron chi connectivity index (χ3n) is 6.02.